The maximum absolute atomic E-state index is 12.3. The number of nitrogens with zero attached hydrogens (tertiary/aromatic N) is 1. The average Bonchev–Trinajstić information content (AvgIpc) is 2.61. The summed E-state index contributed by atoms with van der Waals surface area (Å²) in [6.45, 7) is 2.69. The predicted octanol–water partition coefficient (Wildman–Crippen LogP) is 1.35. The molecule has 17 heavy (non-hydrogen) atoms. The Labute approximate surface area is 117 Å². The average molecular weight is 425 g/mol. The van der Waals surface area contributed by atoms with Gasteiger partial charge in [-0.1, -0.05) is 0 Å². The van der Waals surface area contributed by atoms with E-state index in [1.807, 2.05) is 7.05 Å². The Morgan fingerprint density at radius 1 is 1.35 bits per heavy atom. The van der Waals surface area contributed by atoms with Crippen molar-refractivity contribution in [3.63, 3.8) is 0 Å². The van der Waals surface area contributed by atoms with E-state index in [1.54, 1.807) is 24.3 Å². The molecule has 0 saturated carbocycles. The molecule has 1 radical (unpaired) electrons. The third kappa shape index (κ3) is 2.97. The van der Waals surface area contributed by atoms with Crippen molar-refractivity contribution in [1.82, 2.24) is 4.90 Å². The second-order valence-corrected chi connectivity index (χ2v) is 6.66. The quantitative estimate of drug-likeness (QED) is 0.673. The van der Waals surface area contributed by atoms with Crippen molar-refractivity contribution >= 4 is 9.84 Å². The summed E-state index contributed by atoms with van der Waals surface area (Å²) < 4.78 is 24.6. The fourth-order valence-corrected chi connectivity index (χ4v) is 3.98. The van der Waals surface area contributed by atoms with E-state index in [0.717, 1.165) is 6.42 Å². The van der Waals surface area contributed by atoms with Gasteiger partial charge in [-0.2, -0.15) is 30.3 Å². The van der Waals surface area contributed by atoms with Gasteiger partial charge in [0.2, 0.25) is 0 Å². The summed E-state index contributed by atoms with van der Waals surface area (Å²) in [6.07, 6.45) is 0.720. The molecule has 1 saturated heterocycles. The van der Waals surface area contributed by atoms with E-state index in [0.29, 0.717) is 17.5 Å². The summed E-state index contributed by atoms with van der Waals surface area (Å²) >= 11 is 0. The molecular formula is C12H16NO2ReS-. The van der Waals surface area contributed by atoms with E-state index >= 15 is 0 Å². The Bertz CT molecular complexity index is 451. The van der Waals surface area contributed by atoms with E-state index < -0.39 is 9.84 Å². The van der Waals surface area contributed by atoms with E-state index in [4.69, 9.17) is 0 Å². The van der Waals surface area contributed by atoms with E-state index in [2.05, 4.69) is 17.9 Å². The van der Waals surface area contributed by atoms with Gasteiger partial charge >= 0.3 is 0 Å². The van der Waals surface area contributed by atoms with Gasteiger partial charge in [0.25, 0.3) is 0 Å². The number of rotatable bonds is 2. The fourth-order valence-electron chi connectivity index (χ4n) is 2.11. The van der Waals surface area contributed by atoms with Crippen molar-refractivity contribution in [3.05, 3.63) is 30.3 Å². The maximum Gasteiger partial charge on any atom is 0.160 e. The third-order valence-electron chi connectivity index (χ3n) is 3.30. The Morgan fingerprint density at radius 2 is 1.94 bits per heavy atom. The van der Waals surface area contributed by atoms with E-state index in [-0.39, 0.29) is 25.7 Å². The van der Waals surface area contributed by atoms with Crippen LogP contribution in [0.1, 0.15) is 13.3 Å². The zero-order valence-electron chi connectivity index (χ0n) is 9.93. The monoisotopic (exact) mass is 425 g/mol. The second kappa shape index (κ2) is 5.62. The van der Waals surface area contributed by atoms with Crippen molar-refractivity contribution in [1.29, 1.82) is 0 Å². The molecule has 1 aliphatic heterocycles. The molecule has 0 amide bonds. The van der Waals surface area contributed by atoms with Crippen LogP contribution >= 0.6 is 0 Å². The minimum Gasteiger partial charge on any atom is -0.302 e. The molecule has 1 aliphatic rings. The van der Waals surface area contributed by atoms with Crippen LogP contribution in [0.4, 0.5) is 0 Å². The van der Waals surface area contributed by atoms with Crippen LogP contribution in [-0.4, -0.2) is 38.2 Å². The number of hydrogen-bond donors (Lipinski definition) is 0. The molecule has 1 aromatic rings. The summed E-state index contributed by atoms with van der Waals surface area (Å²) in [5.74, 6) is 0. The van der Waals surface area contributed by atoms with Gasteiger partial charge in [0, 0.05) is 33.0 Å². The molecule has 2 rings (SSSR count). The molecule has 1 fully saturated rings. The van der Waals surface area contributed by atoms with Gasteiger partial charge in [-0.05, 0) is 25.3 Å². The fraction of sp³-hybridized carbons (Fsp3) is 0.500. The Hall–Kier alpha value is -0.208. The Balaban J connectivity index is 0.00000144. The van der Waals surface area contributed by atoms with Gasteiger partial charge in [0.15, 0.2) is 9.84 Å². The predicted molar refractivity (Wildman–Crippen MR) is 63.0 cm³/mol. The molecular weight excluding hydrogens is 408 g/mol. The van der Waals surface area contributed by atoms with Crippen molar-refractivity contribution in [2.45, 2.75) is 29.5 Å². The number of hydrogen-bond acceptors (Lipinski definition) is 3. The Morgan fingerprint density at radius 3 is 2.41 bits per heavy atom. The minimum atomic E-state index is -3.17. The van der Waals surface area contributed by atoms with Gasteiger partial charge in [0.05, 0.1) is 5.25 Å². The van der Waals surface area contributed by atoms with Gasteiger partial charge in [-0.15, -0.1) is 0 Å². The molecule has 5 heteroatoms. The number of benzene rings is 1. The first-order valence-electron chi connectivity index (χ1n) is 5.42. The largest absolute Gasteiger partial charge is 0.302 e. The molecule has 1 heterocycles. The molecule has 95 valence electrons. The summed E-state index contributed by atoms with van der Waals surface area (Å²) in [6, 6.07) is 9.72. The van der Waals surface area contributed by atoms with Crippen molar-refractivity contribution in [3.8, 4) is 0 Å². The number of sulfone groups is 1. The molecule has 0 bridgehead atoms. The SMILES string of the molecule is C[C@@H]1C[C@@H](S(=O)(=O)c2cc[c-]cc2)CN1C.[Re]. The summed E-state index contributed by atoms with van der Waals surface area (Å²) in [7, 11) is -1.20. The first-order valence-corrected chi connectivity index (χ1v) is 6.96. The zero-order chi connectivity index (χ0) is 11.8. The zero-order valence-corrected chi connectivity index (χ0v) is 13.5. The standard InChI is InChI=1S/C12H16NO2S.Re/c1-10-8-12(9-13(10)2)16(14,15)11-6-4-3-5-7-11;/h4-7,10,12H,8-9H2,1-2H3;/q-1;/t10-,12-;/m1./s1. The molecule has 2 atom stereocenters. The molecule has 0 N–H and O–H groups in total. The van der Waals surface area contributed by atoms with Crippen LogP contribution in [0, 0.1) is 6.07 Å². The first kappa shape index (κ1) is 14.9. The van der Waals surface area contributed by atoms with Crippen LogP contribution in [-0.2, 0) is 30.3 Å². The third-order valence-corrected chi connectivity index (χ3v) is 5.45. The van der Waals surface area contributed by atoms with Crippen LogP contribution in [0.3, 0.4) is 0 Å². The number of likely N-dealkylation sites (tertiary alicyclic amines) is 1. The summed E-state index contributed by atoms with van der Waals surface area (Å²) in [4.78, 5) is 2.51. The van der Waals surface area contributed by atoms with E-state index in [9.17, 15) is 8.42 Å². The molecule has 3 nitrogen and oxygen atoms in total. The van der Waals surface area contributed by atoms with Crippen LogP contribution in [0.15, 0.2) is 29.2 Å². The summed E-state index contributed by atoms with van der Waals surface area (Å²) in [5.41, 5.74) is 0. The summed E-state index contributed by atoms with van der Waals surface area (Å²) in [5, 5.41) is -0.269. The van der Waals surface area contributed by atoms with Crippen LogP contribution in [0.5, 0.6) is 0 Å². The molecule has 1 aromatic carbocycles. The molecule has 0 aromatic heterocycles. The van der Waals surface area contributed by atoms with Crippen molar-refractivity contribution in [2.75, 3.05) is 13.6 Å². The molecule has 0 aliphatic carbocycles. The van der Waals surface area contributed by atoms with Crippen molar-refractivity contribution < 1.29 is 28.8 Å². The van der Waals surface area contributed by atoms with Crippen LogP contribution in [0.25, 0.3) is 0 Å². The normalized spacial score (nSPS) is 25.5. The maximum atomic E-state index is 12.3. The van der Waals surface area contributed by atoms with Crippen LogP contribution < -0.4 is 0 Å². The smallest absolute Gasteiger partial charge is 0.160 e. The topological polar surface area (TPSA) is 37.4 Å². The second-order valence-electron chi connectivity index (χ2n) is 4.43. The van der Waals surface area contributed by atoms with Gasteiger partial charge in [-0.3, -0.25) is 0 Å². The molecule has 0 spiro atoms. The van der Waals surface area contributed by atoms with Gasteiger partial charge in [-0.25, -0.2) is 8.42 Å². The van der Waals surface area contributed by atoms with E-state index in [1.165, 1.54) is 0 Å². The first-order chi connectivity index (χ1) is 7.51. The van der Waals surface area contributed by atoms with Crippen molar-refractivity contribution in [2.24, 2.45) is 0 Å². The minimum absolute atomic E-state index is 0. The molecule has 0 unspecified atom stereocenters. The Kier molecular flexibility index (Phi) is 4.91. The van der Waals surface area contributed by atoms with Crippen LogP contribution in [0.2, 0.25) is 0 Å². The van der Waals surface area contributed by atoms with Gasteiger partial charge in [0.1, 0.15) is 0 Å². The van der Waals surface area contributed by atoms with Gasteiger partial charge < -0.3 is 4.90 Å².